The largest absolute Gasteiger partial charge is 0.497 e. The molecule has 160 valence electrons. The molecule has 0 bridgehead atoms. The lowest BCUT2D eigenvalue weighted by atomic mass is 10.1. The van der Waals surface area contributed by atoms with Crippen LogP contribution in [0.25, 0.3) is 0 Å². The molecule has 1 aliphatic rings. The summed E-state index contributed by atoms with van der Waals surface area (Å²) in [5.74, 6) is 0.496. The minimum atomic E-state index is -0.580. The number of benzene rings is 2. The fourth-order valence-corrected chi connectivity index (χ4v) is 4.08. The van der Waals surface area contributed by atoms with E-state index in [4.69, 9.17) is 16.3 Å². The second-order valence-electron chi connectivity index (χ2n) is 7.85. The summed E-state index contributed by atoms with van der Waals surface area (Å²) >= 11 is 6.08. The van der Waals surface area contributed by atoms with E-state index in [0.717, 1.165) is 42.6 Å². The maximum absolute atomic E-state index is 13.2. The van der Waals surface area contributed by atoms with Crippen molar-refractivity contribution in [3.05, 3.63) is 64.7 Å². The molecule has 3 rings (SSSR count). The number of hydrogen-bond acceptors (Lipinski definition) is 3. The molecule has 1 aliphatic carbocycles. The first kappa shape index (κ1) is 22.2. The van der Waals surface area contributed by atoms with Gasteiger partial charge in [0.15, 0.2) is 0 Å². The maximum atomic E-state index is 13.2. The lowest BCUT2D eigenvalue weighted by Crippen LogP contribution is -2.50. The van der Waals surface area contributed by atoms with Crippen molar-refractivity contribution in [3.63, 3.8) is 0 Å². The number of ether oxygens (including phenoxy) is 1. The molecule has 1 atom stereocenters. The minimum absolute atomic E-state index is 0.107. The van der Waals surface area contributed by atoms with Gasteiger partial charge in [-0.05, 0) is 55.2 Å². The highest BCUT2D eigenvalue weighted by Crippen LogP contribution is 2.20. The van der Waals surface area contributed by atoms with Crippen molar-refractivity contribution in [1.29, 1.82) is 0 Å². The highest BCUT2D eigenvalue weighted by atomic mass is 35.5. The Morgan fingerprint density at radius 3 is 2.53 bits per heavy atom. The monoisotopic (exact) mass is 428 g/mol. The Balaban J connectivity index is 1.78. The van der Waals surface area contributed by atoms with Crippen LogP contribution in [0.2, 0.25) is 5.02 Å². The van der Waals surface area contributed by atoms with E-state index in [1.165, 1.54) is 0 Å². The fourth-order valence-electron chi connectivity index (χ4n) is 3.87. The maximum Gasteiger partial charge on any atom is 0.242 e. The first-order valence-corrected chi connectivity index (χ1v) is 10.8. The quantitative estimate of drug-likeness (QED) is 0.679. The van der Waals surface area contributed by atoms with Gasteiger partial charge in [-0.1, -0.05) is 48.7 Å². The van der Waals surface area contributed by atoms with Crippen LogP contribution >= 0.6 is 11.6 Å². The van der Waals surface area contributed by atoms with Gasteiger partial charge in [0.25, 0.3) is 0 Å². The van der Waals surface area contributed by atoms with Crippen LogP contribution in [-0.4, -0.2) is 35.9 Å². The van der Waals surface area contributed by atoms with Gasteiger partial charge >= 0.3 is 0 Å². The van der Waals surface area contributed by atoms with Crippen molar-refractivity contribution in [2.45, 2.75) is 57.7 Å². The topological polar surface area (TPSA) is 58.6 Å². The number of amides is 2. The number of rotatable bonds is 8. The lowest BCUT2D eigenvalue weighted by molar-refractivity contribution is -0.140. The SMILES string of the molecule is COc1cccc(CN(C(=O)Cc2cccc(Cl)c2)C(C)C(=O)NC2CCCC2)c1. The van der Waals surface area contributed by atoms with Gasteiger partial charge in [-0.2, -0.15) is 0 Å². The van der Waals surface area contributed by atoms with Crippen LogP contribution in [0.5, 0.6) is 5.75 Å². The minimum Gasteiger partial charge on any atom is -0.497 e. The summed E-state index contributed by atoms with van der Waals surface area (Å²) in [6.45, 7) is 2.12. The Bertz CT molecular complexity index is 880. The first-order valence-electron chi connectivity index (χ1n) is 10.4. The van der Waals surface area contributed by atoms with E-state index in [1.807, 2.05) is 36.4 Å². The van der Waals surface area contributed by atoms with Crippen LogP contribution in [0.1, 0.15) is 43.7 Å². The Labute approximate surface area is 183 Å². The van der Waals surface area contributed by atoms with Crippen molar-refractivity contribution in [2.75, 3.05) is 7.11 Å². The van der Waals surface area contributed by atoms with Gasteiger partial charge in [-0.25, -0.2) is 0 Å². The molecular formula is C24H29ClN2O3. The molecule has 2 aromatic rings. The predicted octanol–water partition coefficient (Wildman–Crippen LogP) is 4.37. The Kier molecular flexibility index (Phi) is 7.75. The highest BCUT2D eigenvalue weighted by Gasteiger charge is 2.28. The average Bonchev–Trinajstić information content (AvgIpc) is 3.24. The zero-order valence-electron chi connectivity index (χ0n) is 17.6. The lowest BCUT2D eigenvalue weighted by Gasteiger charge is -2.30. The molecule has 6 heteroatoms. The first-order chi connectivity index (χ1) is 14.5. The summed E-state index contributed by atoms with van der Waals surface area (Å²) in [5.41, 5.74) is 1.74. The number of halogens is 1. The molecule has 0 heterocycles. The molecule has 0 aromatic heterocycles. The molecule has 1 unspecified atom stereocenters. The van der Waals surface area contributed by atoms with Crippen molar-refractivity contribution in [1.82, 2.24) is 10.2 Å². The van der Waals surface area contributed by atoms with Crippen LogP contribution in [0, 0.1) is 0 Å². The third-order valence-corrected chi connectivity index (χ3v) is 5.84. The Morgan fingerprint density at radius 2 is 1.83 bits per heavy atom. The summed E-state index contributed by atoms with van der Waals surface area (Å²) in [5, 5.41) is 3.71. The summed E-state index contributed by atoms with van der Waals surface area (Å²) in [7, 11) is 1.61. The molecule has 2 amide bonds. The molecule has 0 spiro atoms. The fraction of sp³-hybridized carbons (Fsp3) is 0.417. The van der Waals surface area contributed by atoms with E-state index in [2.05, 4.69) is 5.32 Å². The van der Waals surface area contributed by atoms with Crippen LogP contribution in [-0.2, 0) is 22.6 Å². The second-order valence-corrected chi connectivity index (χ2v) is 8.28. The van der Waals surface area contributed by atoms with E-state index in [0.29, 0.717) is 11.6 Å². The summed E-state index contributed by atoms with van der Waals surface area (Å²) in [6.07, 6.45) is 4.47. The van der Waals surface area contributed by atoms with Gasteiger partial charge < -0.3 is 15.0 Å². The zero-order chi connectivity index (χ0) is 21.5. The number of nitrogens with zero attached hydrogens (tertiary/aromatic N) is 1. The van der Waals surface area contributed by atoms with Gasteiger partial charge in [0.1, 0.15) is 11.8 Å². The van der Waals surface area contributed by atoms with Crippen molar-refractivity contribution < 1.29 is 14.3 Å². The highest BCUT2D eigenvalue weighted by molar-refractivity contribution is 6.30. The van der Waals surface area contributed by atoms with Gasteiger partial charge in [-0.15, -0.1) is 0 Å². The standard InChI is InChI=1S/C24H29ClN2O3/c1-17(24(29)26-21-10-3-4-11-21)27(16-19-8-6-12-22(14-19)30-2)23(28)15-18-7-5-9-20(25)13-18/h5-9,12-14,17,21H,3-4,10-11,15-16H2,1-2H3,(H,26,29). The van der Waals surface area contributed by atoms with Crippen LogP contribution < -0.4 is 10.1 Å². The smallest absolute Gasteiger partial charge is 0.242 e. The van der Waals surface area contributed by atoms with Gasteiger partial charge in [0.2, 0.25) is 11.8 Å². The summed E-state index contributed by atoms with van der Waals surface area (Å²) < 4.78 is 5.30. The third-order valence-electron chi connectivity index (χ3n) is 5.60. The van der Waals surface area contributed by atoms with E-state index < -0.39 is 6.04 Å². The molecule has 5 nitrogen and oxygen atoms in total. The van der Waals surface area contributed by atoms with Gasteiger partial charge in [0, 0.05) is 17.6 Å². The zero-order valence-corrected chi connectivity index (χ0v) is 18.3. The molecule has 2 aromatic carbocycles. The number of hydrogen-bond donors (Lipinski definition) is 1. The second kappa shape index (κ2) is 10.5. The van der Waals surface area contributed by atoms with Crippen LogP contribution in [0.4, 0.5) is 0 Å². The average molecular weight is 429 g/mol. The summed E-state index contributed by atoms with van der Waals surface area (Å²) in [4.78, 5) is 27.8. The molecule has 30 heavy (non-hydrogen) atoms. The van der Waals surface area contributed by atoms with E-state index in [-0.39, 0.29) is 24.3 Å². The number of carbonyl (C=O) groups excluding carboxylic acids is 2. The molecule has 1 N–H and O–H groups in total. The number of carbonyl (C=O) groups is 2. The number of nitrogens with one attached hydrogen (secondary N) is 1. The molecule has 1 fully saturated rings. The molecule has 0 radical (unpaired) electrons. The molecule has 1 saturated carbocycles. The van der Waals surface area contributed by atoms with Gasteiger partial charge in [-0.3, -0.25) is 9.59 Å². The van der Waals surface area contributed by atoms with Crippen molar-refractivity contribution in [2.24, 2.45) is 0 Å². The van der Waals surface area contributed by atoms with Crippen molar-refractivity contribution >= 4 is 23.4 Å². The van der Waals surface area contributed by atoms with Crippen molar-refractivity contribution in [3.8, 4) is 5.75 Å². The van der Waals surface area contributed by atoms with E-state index in [1.54, 1.807) is 31.1 Å². The predicted molar refractivity (Wildman–Crippen MR) is 119 cm³/mol. The molecular weight excluding hydrogens is 400 g/mol. The van der Waals surface area contributed by atoms with E-state index >= 15 is 0 Å². The Morgan fingerprint density at radius 1 is 1.13 bits per heavy atom. The normalized spacial score (nSPS) is 14.9. The number of methoxy groups -OCH3 is 1. The molecule has 0 saturated heterocycles. The third kappa shape index (κ3) is 5.99. The van der Waals surface area contributed by atoms with Crippen LogP contribution in [0.3, 0.4) is 0 Å². The van der Waals surface area contributed by atoms with Gasteiger partial charge in [0.05, 0.1) is 13.5 Å². The van der Waals surface area contributed by atoms with E-state index in [9.17, 15) is 9.59 Å². The molecule has 0 aliphatic heterocycles. The summed E-state index contributed by atoms with van der Waals surface area (Å²) in [6, 6.07) is 14.5. The van der Waals surface area contributed by atoms with Crippen LogP contribution in [0.15, 0.2) is 48.5 Å². The Hall–Kier alpha value is -2.53.